The molecule has 1 aliphatic heterocycles. The van der Waals surface area contributed by atoms with E-state index < -0.39 is 0 Å². The number of anilines is 1. The van der Waals surface area contributed by atoms with Crippen LogP contribution < -0.4 is 9.64 Å². The molecule has 20 heavy (non-hydrogen) atoms. The summed E-state index contributed by atoms with van der Waals surface area (Å²) in [4.78, 5) is 14.1. The lowest BCUT2D eigenvalue weighted by molar-refractivity contribution is -0.119. The Hall–Kier alpha value is -1.96. The van der Waals surface area contributed by atoms with Crippen LogP contribution in [0.15, 0.2) is 29.0 Å². The molecule has 0 spiro atoms. The van der Waals surface area contributed by atoms with Gasteiger partial charge in [-0.05, 0) is 35.5 Å². The van der Waals surface area contributed by atoms with Crippen molar-refractivity contribution in [3.63, 3.8) is 0 Å². The van der Waals surface area contributed by atoms with Crippen LogP contribution in [0.3, 0.4) is 0 Å². The van der Waals surface area contributed by atoms with E-state index >= 15 is 0 Å². The molecule has 3 rings (SSSR count). The van der Waals surface area contributed by atoms with Crippen molar-refractivity contribution in [2.45, 2.75) is 19.6 Å². The van der Waals surface area contributed by atoms with Crippen LogP contribution in [0.25, 0.3) is 0 Å². The summed E-state index contributed by atoms with van der Waals surface area (Å²) in [7, 11) is 0. The van der Waals surface area contributed by atoms with Gasteiger partial charge in [0, 0.05) is 4.47 Å². The van der Waals surface area contributed by atoms with Gasteiger partial charge >= 0.3 is 0 Å². The monoisotopic (exact) mass is 337 g/mol. The minimum Gasteiger partial charge on any atom is -0.487 e. The Labute approximate surface area is 123 Å². The Balaban J connectivity index is 1.89. The fourth-order valence-corrected chi connectivity index (χ4v) is 2.47. The average Bonchev–Trinajstić information content (AvgIpc) is 2.91. The van der Waals surface area contributed by atoms with Crippen LogP contribution in [0.2, 0.25) is 0 Å². The highest BCUT2D eigenvalue weighted by Gasteiger charge is 2.28. The number of hydrogen-bond acceptors (Lipinski definition) is 5. The van der Waals surface area contributed by atoms with E-state index in [0.717, 1.165) is 10.2 Å². The quantitative estimate of drug-likeness (QED) is 0.824. The summed E-state index contributed by atoms with van der Waals surface area (Å²) >= 11 is 3.41. The number of nitrogens with zero attached hydrogens (tertiary/aromatic N) is 5. The molecule has 1 amide bonds. The van der Waals surface area contributed by atoms with Gasteiger partial charge < -0.3 is 9.64 Å². The number of carbonyl (C=O) groups is 1. The largest absolute Gasteiger partial charge is 0.487 e. The van der Waals surface area contributed by atoms with Gasteiger partial charge in [0.1, 0.15) is 24.7 Å². The van der Waals surface area contributed by atoms with Crippen LogP contribution in [0.5, 0.6) is 5.75 Å². The lowest BCUT2D eigenvalue weighted by Gasteiger charge is -2.33. The smallest absolute Gasteiger partial charge is 0.249 e. The van der Waals surface area contributed by atoms with Crippen LogP contribution in [0, 0.1) is 0 Å². The maximum Gasteiger partial charge on any atom is 0.249 e. The predicted octanol–water partition coefficient (Wildman–Crippen LogP) is 1.25. The van der Waals surface area contributed by atoms with Gasteiger partial charge in [-0.15, -0.1) is 5.10 Å². The second-order valence-corrected chi connectivity index (χ2v) is 5.47. The summed E-state index contributed by atoms with van der Waals surface area (Å²) in [5.74, 6) is 0.629. The number of amides is 1. The van der Waals surface area contributed by atoms with E-state index in [9.17, 15) is 4.79 Å². The van der Waals surface area contributed by atoms with Crippen molar-refractivity contribution in [3.05, 3.63) is 29.0 Å². The fourth-order valence-electron chi connectivity index (χ4n) is 2.12. The third-order valence-corrected chi connectivity index (χ3v) is 3.46. The summed E-state index contributed by atoms with van der Waals surface area (Å²) < 4.78 is 8.04. The van der Waals surface area contributed by atoms with Crippen LogP contribution in [-0.4, -0.2) is 38.8 Å². The van der Waals surface area contributed by atoms with Crippen molar-refractivity contribution in [2.24, 2.45) is 0 Å². The second kappa shape index (κ2) is 5.20. The maximum atomic E-state index is 12.4. The van der Waals surface area contributed by atoms with Crippen molar-refractivity contribution < 1.29 is 9.53 Å². The first-order valence-electron chi connectivity index (χ1n) is 6.11. The highest BCUT2D eigenvalue weighted by molar-refractivity contribution is 9.10. The van der Waals surface area contributed by atoms with E-state index in [-0.39, 0.29) is 18.6 Å². The van der Waals surface area contributed by atoms with Crippen molar-refractivity contribution in [2.75, 3.05) is 11.4 Å². The minimum absolute atomic E-state index is 0.0542. The van der Waals surface area contributed by atoms with E-state index in [1.165, 1.54) is 11.0 Å². The topological polar surface area (TPSA) is 73.1 Å². The molecule has 2 heterocycles. The summed E-state index contributed by atoms with van der Waals surface area (Å²) in [5.41, 5.74) is 0.760. The highest BCUT2D eigenvalue weighted by Crippen LogP contribution is 2.35. The van der Waals surface area contributed by atoms with Gasteiger partial charge in [0.2, 0.25) is 5.91 Å². The number of carbonyl (C=O) groups excluding carboxylic acids is 1. The normalized spacial score (nSPS) is 17.5. The zero-order valence-corrected chi connectivity index (χ0v) is 12.3. The van der Waals surface area contributed by atoms with Gasteiger partial charge in [-0.3, -0.25) is 4.79 Å². The van der Waals surface area contributed by atoms with Gasteiger partial charge in [-0.2, -0.15) is 0 Å². The second-order valence-electron chi connectivity index (χ2n) is 4.55. The number of tetrazole rings is 1. The third-order valence-electron chi connectivity index (χ3n) is 2.97. The Morgan fingerprint density at radius 2 is 2.40 bits per heavy atom. The Kier molecular flexibility index (Phi) is 3.39. The summed E-state index contributed by atoms with van der Waals surface area (Å²) in [6.07, 6.45) is 1.37. The zero-order valence-electron chi connectivity index (χ0n) is 10.7. The number of halogens is 1. The molecular weight excluding hydrogens is 326 g/mol. The molecule has 0 fully saturated rings. The summed E-state index contributed by atoms with van der Waals surface area (Å²) in [5, 5.41) is 10.8. The average molecular weight is 338 g/mol. The molecular formula is C12H12BrN5O2. The van der Waals surface area contributed by atoms with Crippen molar-refractivity contribution in [1.82, 2.24) is 20.2 Å². The molecule has 0 bridgehead atoms. The number of rotatable bonds is 2. The van der Waals surface area contributed by atoms with E-state index in [0.29, 0.717) is 12.3 Å². The van der Waals surface area contributed by atoms with E-state index in [4.69, 9.17) is 4.74 Å². The summed E-state index contributed by atoms with van der Waals surface area (Å²) in [6.45, 7) is 2.54. The molecule has 1 unspecified atom stereocenters. The van der Waals surface area contributed by atoms with Crippen LogP contribution >= 0.6 is 15.9 Å². The van der Waals surface area contributed by atoms with Crippen LogP contribution in [0.4, 0.5) is 5.69 Å². The minimum atomic E-state index is -0.0770. The fraction of sp³-hybridized carbons (Fsp3) is 0.333. The first-order chi connectivity index (χ1) is 9.63. The Morgan fingerprint density at radius 3 is 3.15 bits per heavy atom. The van der Waals surface area contributed by atoms with E-state index in [2.05, 4.69) is 31.5 Å². The lowest BCUT2D eigenvalue weighted by atomic mass is 10.2. The number of benzene rings is 1. The van der Waals surface area contributed by atoms with Crippen molar-refractivity contribution in [1.29, 1.82) is 0 Å². The molecule has 1 aromatic carbocycles. The SMILES string of the molecule is CC1CN(C(=O)Cn2cnnn2)c2cc(Br)ccc2O1. The van der Waals surface area contributed by atoms with Crippen molar-refractivity contribution >= 4 is 27.5 Å². The van der Waals surface area contributed by atoms with Crippen LogP contribution in [0.1, 0.15) is 6.92 Å². The van der Waals surface area contributed by atoms with Gasteiger partial charge in [-0.1, -0.05) is 15.9 Å². The molecule has 0 N–H and O–H groups in total. The zero-order chi connectivity index (χ0) is 14.1. The standard InChI is InChI=1S/C12H12BrN5O2/c1-8-5-18(12(19)6-17-7-14-15-16-17)10-4-9(13)2-3-11(10)20-8/h2-4,7-8H,5-6H2,1H3. The van der Waals surface area contributed by atoms with Crippen LogP contribution in [-0.2, 0) is 11.3 Å². The molecule has 2 aromatic rings. The number of hydrogen-bond donors (Lipinski definition) is 0. The van der Waals surface area contributed by atoms with Gasteiger partial charge in [0.05, 0.1) is 12.2 Å². The van der Waals surface area contributed by atoms with Gasteiger partial charge in [0.15, 0.2) is 0 Å². The molecule has 1 aromatic heterocycles. The van der Waals surface area contributed by atoms with Crippen molar-refractivity contribution in [3.8, 4) is 5.75 Å². The lowest BCUT2D eigenvalue weighted by Crippen LogP contribution is -2.43. The molecule has 8 heteroatoms. The third kappa shape index (κ3) is 2.51. The highest BCUT2D eigenvalue weighted by atomic mass is 79.9. The first kappa shape index (κ1) is 13.0. The van der Waals surface area contributed by atoms with Gasteiger partial charge in [0.25, 0.3) is 0 Å². The number of fused-ring (bicyclic) bond motifs is 1. The molecule has 0 aliphatic carbocycles. The molecule has 0 saturated carbocycles. The molecule has 104 valence electrons. The molecule has 1 atom stereocenters. The number of aromatic nitrogens is 4. The molecule has 7 nitrogen and oxygen atoms in total. The Morgan fingerprint density at radius 1 is 1.55 bits per heavy atom. The van der Waals surface area contributed by atoms with E-state index in [1.54, 1.807) is 4.90 Å². The molecule has 0 saturated heterocycles. The number of ether oxygens (including phenoxy) is 1. The first-order valence-corrected chi connectivity index (χ1v) is 6.90. The Bertz CT molecular complexity index is 631. The molecule has 1 aliphatic rings. The van der Waals surface area contributed by atoms with Gasteiger partial charge in [-0.25, -0.2) is 4.68 Å². The molecule has 0 radical (unpaired) electrons. The van der Waals surface area contributed by atoms with E-state index in [1.807, 2.05) is 25.1 Å². The predicted molar refractivity (Wildman–Crippen MR) is 74.4 cm³/mol. The summed E-state index contributed by atoms with van der Waals surface area (Å²) in [6, 6.07) is 5.62. The maximum absolute atomic E-state index is 12.4.